The highest BCUT2D eigenvalue weighted by atomic mass is 19.1. The molecule has 0 aliphatic rings. The van der Waals surface area contributed by atoms with Crippen molar-refractivity contribution >= 4 is 11.7 Å². The summed E-state index contributed by atoms with van der Waals surface area (Å²) in [6, 6.07) is 9.23. The quantitative estimate of drug-likeness (QED) is 0.675. The van der Waals surface area contributed by atoms with Crippen molar-refractivity contribution in [2.75, 3.05) is 0 Å². The van der Waals surface area contributed by atoms with Gasteiger partial charge in [0.05, 0.1) is 10.5 Å². The fourth-order valence-electron chi connectivity index (χ4n) is 1.69. The van der Waals surface area contributed by atoms with E-state index in [2.05, 4.69) is 0 Å². The largest absolute Gasteiger partial charge is 0.489 e. The van der Waals surface area contributed by atoms with Crippen molar-refractivity contribution in [3.63, 3.8) is 0 Å². The van der Waals surface area contributed by atoms with E-state index >= 15 is 0 Å². The molecule has 0 bridgehead atoms. The lowest BCUT2D eigenvalue weighted by molar-refractivity contribution is -0.384. The lowest BCUT2D eigenvalue weighted by atomic mass is 10.2. The minimum absolute atomic E-state index is 0.00748. The third-order valence-corrected chi connectivity index (χ3v) is 2.70. The zero-order chi connectivity index (χ0) is 15.4. The van der Waals surface area contributed by atoms with Gasteiger partial charge >= 0.3 is 5.97 Å². The van der Waals surface area contributed by atoms with E-state index in [-0.39, 0.29) is 18.0 Å². The van der Waals surface area contributed by atoms with E-state index in [1.54, 1.807) is 6.07 Å². The van der Waals surface area contributed by atoms with Gasteiger partial charge in [0.2, 0.25) is 0 Å². The van der Waals surface area contributed by atoms with Crippen molar-refractivity contribution in [2.24, 2.45) is 0 Å². The van der Waals surface area contributed by atoms with E-state index in [1.165, 1.54) is 24.3 Å². The molecule has 0 amide bonds. The number of carboxylic acid groups (broad SMARTS) is 1. The average Bonchev–Trinajstić information content (AvgIpc) is 2.45. The summed E-state index contributed by atoms with van der Waals surface area (Å²) in [5.41, 5.74) is 0.0353. The predicted molar refractivity (Wildman–Crippen MR) is 70.8 cm³/mol. The Hall–Kier alpha value is -2.96. The monoisotopic (exact) mass is 291 g/mol. The molecule has 0 radical (unpaired) electrons. The topological polar surface area (TPSA) is 89.7 Å². The third kappa shape index (κ3) is 3.53. The average molecular weight is 291 g/mol. The Morgan fingerprint density at radius 2 is 2.05 bits per heavy atom. The molecule has 0 spiro atoms. The summed E-state index contributed by atoms with van der Waals surface area (Å²) in [4.78, 5) is 20.8. The second-order valence-electron chi connectivity index (χ2n) is 4.16. The number of halogens is 1. The molecule has 0 aliphatic carbocycles. The Bertz CT molecular complexity index is 702. The number of non-ortho nitro benzene ring substituents is 1. The van der Waals surface area contributed by atoms with E-state index in [1.807, 2.05) is 0 Å². The second-order valence-corrected chi connectivity index (χ2v) is 4.16. The van der Waals surface area contributed by atoms with Crippen LogP contribution in [0.1, 0.15) is 15.9 Å². The van der Waals surface area contributed by atoms with Gasteiger partial charge in [0.15, 0.2) is 0 Å². The number of hydrogen-bond acceptors (Lipinski definition) is 4. The zero-order valence-electron chi connectivity index (χ0n) is 10.7. The Balaban J connectivity index is 2.10. The van der Waals surface area contributed by atoms with Gasteiger partial charge in [0.25, 0.3) is 5.69 Å². The van der Waals surface area contributed by atoms with E-state index in [0.29, 0.717) is 5.56 Å². The first-order chi connectivity index (χ1) is 9.97. The molecule has 6 nitrogen and oxygen atoms in total. The van der Waals surface area contributed by atoms with Crippen LogP contribution in [-0.4, -0.2) is 16.0 Å². The summed E-state index contributed by atoms with van der Waals surface area (Å²) in [6.45, 7) is 0.00748. The lowest BCUT2D eigenvalue weighted by Crippen LogP contribution is -2.02. The van der Waals surface area contributed by atoms with Gasteiger partial charge in [0, 0.05) is 18.2 Å². The number of nitrogens with zero attached hydrogens (tertiary/aromatic N) is 1. The Morgan fingerprint density at radius 3 is 2.67 bits per heavy atom. The highest BCUT2D eigenvalue weighted by Crippen LogP contribution is 2.19. The molecule has 7 heteroatoms. The Kier molecular flexibility index (Phi) is 4.13. The van der Waals surface area contributed by atoms with Gasteiger partial charge in [-0.2, -0.15) is 0 Å². The first-order valence-corrected chi connectivity index (χ1v) is 5.86. The van der Waals surface area contributed by atoms with Crippen LogP contribution in [0.3, 0.4) is 0 Å². The first-order valence-electron chi connectivity index (χ1n) is 5.86. The number of aromatic carboxylic acids is 1. The summed E-state index contributed by atoms with van der Waals surface area (Å²) in [6.07, 6.45) is 0. The normalized spacial score (nSPS) is 10.1. The van der Waals surface area contributed by atoms with Crippen molar-refractivity contribution < 1.29 is 24.0 Å². The van der Waals surface area contributed by atoms with E-state index in [9.17, 15) is 19.3 Å². The standard InChI is InChI=1S/C14H10FNO5/c15-13-7-11(4-5-12(13)14(17)18)21-8-9-2-1-3-10(6-9)16(19)20/h1-7H,8H2,(H,17,18). The molecule has 0 fully saturated rings. The number of hydrogen-bond donors (Lipinski definition) is 1. The molecule has 0 heterocycles. The van der Waals surface area contributed by atoms with Gasteiger partial charge in [-0.25, -0.2) is 9.18 Å². The number of carboxylic acids is 1. The van der Waals surface area contributed by atoms with Crippen LogP contribution >= 0.6 is 0 Å². The molecule has 0 saturated carbocycles. The fraction of sp³-hybridized carbons (Fsp3) is 0.0714. The lowest BCUT2D eigenvalue weighted by Gasteiger charge is -2.07. The summed E-state index contributed by atoms with van der Waals surface area (Å²) in [5, 5.41) is 19.3. The van der Waals surface area contributed by atoms with Crippen LogP contribution in [0.25, 0.3) is 0 Å². The molecule has 21 heavy (non-hydrogen) atoms. The van der Waals surface area contributed by atoms with Crippen LogP contribution in [0.5, 0.6) is 5.75 Å². The van der Waals surface area contributed by atoms with Crippen molar-refractivity contribution in [3.05, 3.63) is 69.5 Å². The van der Waals surface area contributed by atoms with Crippen LogP contribution in [-0.2, 0) is 6.61 Å². The third-order valence-electron chi connectivity index (χ3n) is 2.70. The number of nitro groups is 1. The maximum absolute atomic E-state index is 13.4. The van der Waals surface area contributed by atoms with Gasteiger partial charge in [-0.1, -0.05) is 12.1 Å². The van der Waals surface area contributed by atoms with E-state index in [0.717, 1.165) is 12.1 Å². The van der Waals surface area contributed by atoms with Crippen molar-refractivity contribution in [2.45, 2.75) is 6.61 Å². The number of rotatable bonds is 5. The van der Waals surface area contributed by atoms with Gasteiger partial charge in [-0.3, -0.25) is 10.1 Å². The smallest absolute Gasteiger partial charge is 0.338 e. The van der Waals surface area contributed by atoms with Crippen LogP contribution in [0.15, 0.2) is 42.5 Å². The summed E-state index contributed by atoms with van der Waals surface area (Å²) >= 11 is 0. The summed E-state index contributed by atoms with van der Waals surface area (Å²) < 4.78 is 18.7. The zero-order valence-corrected chi connectivity index (χ0v) is 10.7. The molecule has 108 valence electrons. The maximum Gasteiger partial charge on any atom is 0.338 e. The van der Waals surface area contributed by atoms with Crippen LogP contribution in [0.4, 0.5) is 10.1 Å². The van der Waals surface area contributed by atoms with E-state index < -0.39 is 22.3 Å². The number of ether oxygens (including phenoxy) is 1. The molecular weight excluding hydrogens is 281 g/mol. The van der Waals surface area contributed by atoms with Gasteiger partial charge in [-0.05, 0) is 17.7 Å². The highest BCUT2D eigenvalue weighted by Gasteiger charge is 2.11. The molecule has 0 aliphatic heterocycles. The van der Waals surface area contributed by atoms with Gasteiger partial charge < -0.3 is 9.84 Å². The predicted octanol–water partition coefficient (Wildman–Crippen LogP) is 3.01. The SMILES string of the molecule is O=C(O)c1ccc(OCc2cccc([N+](=O)[O-])c2)cc1F. The second kappa shape index (κ2) is 6.00. The number of benzene rings is 2. The van der Waals surface area contributed by atoms with Gasteiger partial charge in [-0.15, -0.1) is 0 Å². The molecule has 0 aromatic heterocycles. The Labute approximate surface area is 118 Å². The van der Waals surface area contributed by atoms with Crippen LogP contribution in [0, 0.1) is 15.9 Å². The highest BCUT2D eigenvalue weighted by molar-refractivity contribution is 5.88. The number of carbonyl (C=O) groups is 1. The minimum atomic E-state index is -1.36. The molecule has 0 atom stereocenters. The molecular formula is C14H10FNO5. The molecule has 0 saturated heterocycles. The molecule has 2 aromatic carbocycles. The summed E-state index contributed by atoms with van der Waals surface area (Å²) in [7, 11) is 0. The maximum atomic E-state index is 13.4. The van der Waals surface area contributed by atoms with E-state index in [4.69, 9.17) is 9.84 Å². The van der Waals surface area contributed by atoms with Crippen LogP contribution in [0.2, 0.25) is 0 Å². The molecule has 0 unspecified atom stereocenters. The fourth-order valence-corrected chi connectivity index (χ4v) is 1.69. The Morgan fingerprint density at radius 1 is 1.29 bits per heavy atom. The van der Waals surface area contributed by atoms with Crippen LogP contribution < -0.4 is 4.74 Å². The van der Waals surface area contributed by atoms with Gasteiger partial charge in [0.1, 0.15) is 18.2 Å². The number of nitro benzene ring substituents is 1. The molecule has 2 aromatic rings. The molecule has 1 N–H and O–H groups in total. The summed E-state index contributed by atoms with van der Waals surface area (Å²) in [5.74, 6) is -2.12. The first kappa shape index (κ1) is 14.4. The molecule has 2 rings (SSSR count). The van der Waals surface area contributed by atoms with Crippen molar-refractivity contribution in [1.82, 2.24) is 0 Å². The minimum Gasteiger partial charge on any atom is -0.489 e. The van der Waals surface area contributed by atoms with Crippen molar-refractivity contribution in [3.8, 4) is 5.75 Å². The van der Waals surface area contributed by atoms with Crippen molar-refractivity contribution in [1.29, 1.82) is 0 Å².